The molecular formula is C49H44N8O2. The number of benzene rings is 5. The first-order valence-electron chi connectivity index (χ1n) is 19.9. The van der Waals surface area contributed by atoms with Crippen LogP contribution in [-0.4, -0.2) is 40.6 Å². The van der Waals surface area contributed by atoms with Crippen molar-refractivity contribution in [3.8, 4) is 22.5 Å². The highest BCUT2D eigenvalue weighted by molar-refractivity contribution is 5.93. The minimum Gasteiger partial charge on any atom is -0.366 e. The lowest BCUT2D eigenvalue weighted by molar-refractivity contribution is 0.0998. The van der Waals surface area contributed by atoms with E-state index in [-0.39, 0.29) is 17.7 Å². The Balaban J connectivity index is 1.19. The molecule has 0 aliphatic heterocycles. The van der Waals surface area contributed by atoms with Gasteiger partial charge in [0.05, 0.1) is 23.5 Å². The number of carbonyl (C=O) groups is 1. The molecule has 1 amide bonds. The van der Waals surface area contributed by atoms with Crippen molar-refractivity contribution < 1.29 is 4.79 Å². The molecule has 10 nitrogen and oxygen atoms in total. The number of hydrogen-bond acceptors (Lipinski definition) is 7. The van der Waals surface area contributed by atoms with Gasteiger partial charge in [-0.2, -0.15) is 0 Å². The third-order valence-corrected chi connectivity index (χ3v) is 10.9. The summed E-state index contributed by atoms with van der Waals surface area (Å²) in [4.78, 5) is 35.8. The summed E-state index contributed by atoms with van der Waals surface area (Å²) in [6, 6.07) is 50.8. The molecule has 5 aromatic carbocycles. The second kappa shape index (κ2) is 17.0. The summed E-state index contributed by atoms with van der Waals surface area (Å²) in [6.07, 6.45) is 4.56. The average molecular weight is 777 g/mol. The van der Waals surface area contributed by atoms with E-state index in [2.05, 4.69) is 89.9 Å². The summed E-state index contributed by atoms with van der Waals surface area (Å²) < 4.78 is 3.54. The Morgan fingerprint density at radius 1 is 0.712 bits per heavy atom. The zero-order valence-corrected chi connectivity index (χ0v) is 33.1. The number of rotatable bonds is 14. The molecule has 0 unspecified atom stereocenters. The van der Waals surface area contributed by atoms with Crippen LogP contribution in [0.3, 0.4) is 0 Å². The Bertz CT molecular complexity index is 2670. The van der Waals surface area contributed by atoms with E-state index in [1.54, 1.807) is 22.9 Å². The number of aromatic nitrogens is 7. The maximum absolute atomic E-state index is 14.3. The Morgan fingerprint density at radius 2 is 1.31 bits per heavy atom. The smallest absolute Gasteiger partial charge is 0.257 e. The molecule has 0 atom stereocenters. The van der Waals surface area contributed by atoms with Gasteiger partial charge in [-0.25, -0.2) is 9.67 Å². The summed E-state index contributed by atoms with van der Waals surface area (Å²) in [7, 11) is 0. The van der Waals surface area contributed by atoms with Crippen LogP contribution in [0.1, 0.15) is 75.2 Å². The zero-order chi connectivity index (χ0) is 40.8. The van der Waals surface area contributed by atoms with Crippen LogP contribution in [0, 0.1) is 6.92 Å². The van der Waals surface area contributed by atoms with Gasteiger partial charge in [-0.1, -0.05) is 153 Å². The van der Waals surface area contributed by atoms with E-state index in [9.17, 15) is 9.59 Å². The van der Waals surface area contributed by atoms with Crippen LogP contribution in [0.5, 0.6) is 0 Å². The number of pyridine rings is 1. The van der Waals surface area contributed by atoms with Crippen LogP contribution in [0.4, 0.5) is 0 Å². The summed E-state index contributed by atoms with van der Waals surface area (Å²) in [6.45, 7) is 4.03. The first kappa shape index (κ1) is 38.5. The Hall–Kier alpha value is -7.33. The van der Waals surface area contributed by atoms with Crippen molar-refractivity contribution in [3.63, 3.8) is 0 Å². The van der Waals surface area contributed by atoms with Gasteiger partial charge in [0.2, 0.25) is 0 Å². The van der Waals surface area contributed by atoms with Gasteiger partial charge in [0.1, 0.15) is 11.4 Å². The maximum Gasteiger partial charge on any atom is 0.257 e. The van der Waals surface area contributed by atoms with Gasteiger partial charge in [-0.15, -0.1) is 5.10 Å². The van der Waals surface area contributed by atoms with E-state index in [1.165, 1.54) is 0 Å². The topological polar surface area (TPSA) is 134 Å². The van der Waals surface area contributed by atoms with Gasteiger partial charge in [0.15, 0.2) is 5.82 Å². The fourth-order valence-corrected chi connectivity index (χ4v) is 8.03. The van der Waals surface area contributed by atoms with Gasteiger partial charge in [-0.3, -0.25) is 19.1 Å². The van der Waals surface area contributed by atoms with E-state index < -0.39 is 11.4 Å². The molecule has 0 bridgehead atoms. The van der Waals surface area contributed by atoms with E-state index in [0.717, 1.165) is 57.5 Å². The van der Waals surface area contributed by atoms with Crippen LogP contribution in [0.15, 0.2) is 163 Å². The summed E-state index contributed by atoms with van der Waals surface area (Å²) in [5, 5.41) is 13.8. The quantitative estimate of drug-likeness (QED) is 0.110. The second-order valence-corrected chi connectivity index (χ2v) is 14.6. The molecule has 3 aromatic heterocycles. The molecule has 2 N–H and O–H groups in total. The van der Waals surface area contributed by atoms with Gasteiger partial charge in [-0.05, 0) is 75.7 Å². The molecule has 0 fully saturated rings. The van der Waals surface area contributed by atoms with Gasteiger partial charge in [0.25, 0.3) is 11.5 Å². The number of carbonyl (C=O) groups excluding carboxylic acids is 1. The van der Waals surface area contributed by atoms with Crippen molar-refractivity contribution in [2.45, 2.75) is 51.6 Å². The molecule has 3 heterocycles. The number of amides is 1. The Labute approximate surface area is 343 Å². The lowest BCUT2D eigenvalue weighted by Crippen LogP contribution is -2.39. The highest BCUT2D eigenvalue weighted by Gasteiger charge is 2.42. The largest absolute Gasteiger partial charge is 0.366 e. The van der Waals surface area contributed by atoms with Crippen molar-refractivity contribution in [2.75, 3.05) is 0 Å². The molecule has 0 aliphatic rings. The van der Waals surface area contributed by atoms with Gasteiger partial charge < -0.3 is 5.73 Å². The van der Waals surface area contributed by atoms with Crippen molar-refractivity contribution in [3.05, 3.63) is 219 Å². The number of aryl methyl sites for hydroxylation is 2. The normalized spacial score (nSPS) is 11.4. The minimum atomic E-state index is -0.901. The summed E-state index contributed by atoms with van der Waals surface area (Å²) in [5.74, 6) is 0.587. The van der Waals surface area contributed by atoms with E-state index in [0.29, 0.717) is 35.7 Å². The molecular weight excluding hydrogens is 733 g/mol. The number of nitrogens with two attached hydrogens (primary N) is 1. The molecule has 8 rings (SSSR count). The lowest BCUT2D eigenvalue weighted by Gasteiger charge is -2.36. The predicted molar refractivity (Wildman–Crippen MR) is 230 cm³/mol. The van der Waals surface area contributed by atoms with Gasteiger partial charge in [0, 0.05) is 23.7 Å². The first-order chi connectivity index (χ1) is 28.9. The second-order valence-electron chi connectivity index (χ2n) is 14.6. The van der Waals surface area contributed by atoms with Crippen LogP contribution < -0.4 is 11.3 Å². The fraction of sp³-hybridized carbons (Fsp3) is 0.163. The number of tetrazole rings is 1. The molecule has 0 radical (unpaired) electrons. The minimum absolute atomic E-state index is 0.0904. The van der Waals surface area contributed by atoms with Crippen molar-refractivity contribution in [2.24, 2.45) is 5.73 Å². The molecule has 0 aliphatic carbocycles. The van der Waals surface area contributed by atoms with Gasteiger partial charge >= 0.3 is 0 Å². The highest BCUT2D eigenvalue weighted by Crippen LogP contribution is 2.43. The van der Waals surface area contributed by atoms with E-state index >= 15 is 0 Å². The Kier molecular flexibility index (Phi) is 11.1. The number of nitrogens with zero attached hydrogens (tertiary/aromatic N) is 7. The maximum atomic E-state index is 14.3. The summed E-state index contributed by atoms with van der Waals surface area (Å²) >= 11 is 0. The number of primary amides is 1. The standard InChI is InChI=1S/C49H44N8O2/c1-3-4-26-44-43(48(59)56(34(2)52-44)33-45-42(46(50)58)25-16-31-51-45)32-35-27-29-36(30-28-35)40-23-14-15-24-41(40)47-53-54-55-57(47)49(37-17-8-5-9-18-37,38-19-10-6-11-20-38)39-21-12-7-13-22-39/h5-25,27-31H,3-4,26,32-33H2,1-2H3,(H2,50,58). The van der Waals surface area contributed by atoms with Crippen LogP contribution in [0.25, 0.3) is 22.5 Å². The van der Waals surface area contributed by atoms with Crippen LogP contribution in [-0.2, 0) is 24.9 Å². The third-order valence-electron chi connectivity index (χ3n) is 10.9. The molecule has 8 aromatic rings. The lowest BCUT2D eigenvalue weighted by atomic mass is 9.77. The van der Waals surface area contributed by atoms with Crippen molar-refractivity contribution in [1.82, 2.24) is 34.7 Å². The van der Waals surface area contributed by atoms with E-state index in [1.807, 2.05) is 78.3 Å². The van der Waals surface area contributed by atoms with Crippen LogP contribution in [0.2, 0.25) is 0 Å². The number of unbranched alkanes of at least 4 members (excludes halogenated alkanes) is 1. The zero-order valence-electron chi connectivity index (χ0n) is 33.1. The molecule has 0 saturated carbocycles. The van der Waals surface area contributed by atoms with Crippen LogP contribution >= 0.6 is 0 Å². The monoisotopic (exact) mass is 776 g/mol. The molecule has 292 valence electrons. The van der Waals surface area contributed by atoms with E-state index in [4.69, 9.17) is 21.0 Å². The molecule has 10 heteroatoms. The fourth-order valence-electron chi connectivity index (χ4n) is 8.03. The Morgan fingerprint density at radius 3 is 1.90 bits per heavy atom. The summed E-state index contributed by atoms with van der Waals surface area (Å²) in [5.41, 5.74) is 13.6. The number of hydrogen-bond donors (Lipinski definition) is 1. The molecule has 0 spiro atoms. The SMILES string of the molecule is CCCCc1nc(C)n(Cc2ncccc2C(N)=O)c(=O)c1Cc1ccc(-c2ccccc2-c2nnnn2C(c2ccccc2)(c2ccccc2)c2ccccc2)cc1. The van der Waals surface area contributed by atoms with Crippen molar-refractivity contribution >= 4 is 5.91 Å². The average Bonchev–Trinajstić information content (AvgIpc) is 3.77. The van der Waals surface area contributed by atoms with Crippen molar-refractivity contribution in [1.29, 1.82) is 0 Å². The molecule has 59 heavy (non-hydrogen) atoms. The first-order valence-corrected chi connectivity index (χ1v) is 19.9. The third kappa shape index (κ3) is 7.48. The highest BCUT2D eigenvalue weighted by atomic mass is 16.1. The predicted octanol–water partition coefficient (Wildman–Crippen LogP) is 8.19. The molecule has 0 saturated heterocycles.